The van der Waals surface area contributed by atoms with Crippen LogP contribution in [0.15, 0.2) is 46.1 Å². The number of thiophene rings is 1. The molecule has 4 aromatic rings. The zero-order valence-corrected chi connectivity index (χ0v) is 19.1. The summed E-state index contributed by atoms with van der Waals surface area (Å²) in [5.74, 6) is -0.779. The van der Waals surface area contributed by atoms with Gasteiger partial charge in [0, 0.05) is 16.3 Å². The predicted octanol–water partition coefficient (Wildman–Crippen LogP) is 3.63. The van der Waals surface area contributed by atoms with Crippen molar-refractivity contribution in [1.29, 1.82) is 0 Å². The van der Waals surface area contributed by atoms with Crippen molar-refractivity contribution >= 4 is 49.9 Å². The van der Waals surface area contributed by atoms with Crippen molar-refractivity contribution in [3.63, 3.8) is 0 Å². The number of hydrogen-bond donors (Lipinski definition) is 1. The topological polar surface area (TPSA) is 103 Å². The third-order valence-corrected chi connectivity index (χ3v) is 6.36. The summed E-state index contributed by atoms with van der Waals surface area (Å²) in [5.41, 5.74) is 3.11. The van der Waals surface area contributed by atoms with Gasteiger partial charge in [0.1, 0.15) is 11.4 Å². The standard InChI is InChI=1S/C22H20N4O4S2/c1-3-30-18(28)8-15-10-32-22(24-15)25-17(27)9-26-12-23-20-19(21(26)29)16(11-31-20)14-6-4-13(2)5-7-14/h4-7,10-12H,3,8-9H2,1-2H3,(H,24,25,27). The highest BCUT2D eigenvalue weighted by molar-refractivity contribution is 7.17. The predicted molar refractivity (Wildman–Crippen MR) is 125 cm³/mol. The van der Waals surface area contributed by atoms with Gasteiger partial charge in [0.05, 0.1) is 30.4 Å². The van der Waals surface area contributed by atoms with E-state index in [2.05, 4.69) is 15.3 Å². The fraction of sp³-hybridized carbons (Fsp3) is 0.227. The number of aryl methyl sites for hydroxylation is 1. The second-order valence-corrected chi connectivity index (χ2v) is 8.76. The molecular weight excluding hydrogens is 448 g/mol. The number of thiazole rings is 1. The van der Waals surface area contributed by atoms with E-state index in [-0.39, 0.29) is 24.5 Å². The zero-order chi connectivity index (χ0) is 22.7. The van der Waals surface area contributed by atoms with E-state index in [1.165, 1.54) is 33.6 Å². The van der Waals surface area contributed by atoms with Crippen molar-refractivity contribution in [1.82, 2.24) is 14.5 Å². The van der Waals surface area contributed by atoms with Gasteiger partial charge >= 0.3 is 5.97 Å². The minimum absolute atomic E-state index is 0.0419. The molecule has 0 atom stereocenters. The molecule has 0 spiro atoms. The number of fused-ring (bicyclic) bond motifs is 1. The molecule has 8 nitrogen and oxygen atoms in total. The van der Waals surface area contributed by atoms with Crippen LogP contribution in [0.5, 0.6) is 0 Å². The molecule has 0 radical (unpaired) electrons. The van der Waals surface area contributed by atoms with Gasteiger partial charge in [-0.3, -0.25) is 19.0 Å². The fourth-order valence-electron chi connectivity index (χ4n) is 3.14. The number of carbonyl (C=O) groups excluding carboxylic acids is 2. The number of anilines is 1. The number of amides is 1. The summed E-state index contributed by atoms with van der Waals surface area (Å²) in [5, 5.41) is 7.12. The second kappa shape index (κ2) is 9.41. The Hall–Kier alpha value is -3.37. The molecule has 0 aliphatic heterocycles. The van der Waals surface area contributed by atoms with Crippen molar-refractivity contribution in [3.8, 4) is 11.1 Å². The van der Waals surface area contributed by atoms with E-state index in [9.17, 15) is 14.4 Å². The SMILES string of the molecule is CCOC(=O)Cc1csc(NC(=O)Cn2cnc3scc(-c4ccc(C)cc4)c3c2=O)n1. The fourth-order valence-corrected chi connectivity index (χ4v) is 4.78. The number of carbonyl (C=O) groups is 2. The first kappa shape index (κ1) is 21.8. The lowest BCUT2D eigenvalue weighted by atomic mass is 10.1. The van der Waals surface area contributed by atoms with E-state index >= 15 is 0 Å². The first-order chi connectivity index (χ1) is 15.4. The van der Waals surface area contributed by atoms with Crippen LogP contribution in [0.4, 0.5) is 5.13 Å². The van der Waals surface area contributed by atoms with E-state index in [1.54, 1.807) is 12.3 Å². The van der Waals surface area contributed by atoms with Crippen LogP contribution in [0.2, 0.25) is 0 Å². The maximum absolute atomic E-state index is 13.1. The van der Waals surface area contributed by atoms with E-state index in [0.717, 1.165) is 16.7 Å². The Labute approximate surface area is 191 Å². The minimum Gasteiger partial charge on any atom is -0.466 e. The van der Waals surface area contributed by atoms with Gasteiger partial charge in [0.25, 0.3) is 5.56 Å². The van der Waals surface area contributed by atoms with Crippen molar-refractivity contribution in [2.45, 2.75) is 26.8 Å². The number of benzene rings is 1. The van der Waals surface area contributed by atoms with Crippen LogP contribution in [0, 0.1) is 6.92 Å². The number of nitrogens with zero attached hydrogens (tertiary/aromatic N) is 3. The molecule has 10 heteroatoms. The van der Waals surface area contributed by atoms with Crippen molar-refractivity contribution < 1.29 is 14.3 Å². The Morgan fingerprint density at radius 3 is 2.69 bits per heavy atom. The second-order valence-electron chi connectivity index (χ2n) is 7.05. The van der Waals surface area contributed by atoms with Crippen LogP contribution in [-0.2, 0) is 27.3 Å². The van der Waals surface area contributed by atoms with Gasteiger partial charge in [-0.1, -0.05) is 29.8 Å². The normalized spacial score (nSPS) is 10.9. The molecule has 0 aliphatic rings. The largest absolute Gasteiger partial charge is 0.466 e. The lowest BCUT2D eigenvalue weighted by Crippen LogP contribution is -2.27. The number of ether oxygens (including phenoxy) is 1. The van der Waals surface area contributed by atoms with Gasteiger partial charge in [0.2, 0.25) is 5.91 Å². The molecule has 0 saturated heterocycles. The Morgan fingerprint density at radius 1 is 1.16 bits per heavy atom. The van der Waals surface area contributed by atoms with Crippen molar-refractivity contribution in [3.05, 3.63) is 63.0 Å². The van der Waals surface area contributed by atoms with Crippen LogP contribution in [-0.4, -0.2) is 33.0 Å². The quantitative estimate of drug-likeness (QED) is 0.416. The van der Waals surface area contributed by atoms with Gasteiger partial charge in [-0.05, 0) is 19.4 Å². The Balaban J connectivity index is 1.51. The Bertz CT molecular complexity index is 1340. The minimum atomic E-state index is -0.405. The summed E-state index contributed by atoms with van der Waals surface area (Å²) in [7, 11) is 0. The van der Waals surface area contributed by atoms with Crippen LogP contribution in [0.3, 0.4) is 0 Å². The zero-order valence-electron chi connectivity index (χ0n) is 17.5. The van der Waals surface area contributed by atoms with Crippen molar-refractivity contribution in [2.75, 3.05) is 11.9 Å². The van der Waals surface area contributed by atoms with Crippen LogP contribution in [0.25, 0.3) is 21.3 Å². The highest BCUT2D eigenvalue weighted by atomic mass is 32.1. The first-order valence-corrected chi connectivity index (χ1v) is 11.6. The highest BCUT2D eigenvalue weighted by Crippen LogP contribution is 2.30. The summed E-state index contributed by atoms with van der Waals surface area (Å²) in [6.07, 6.45) is 1.42. The maximum Gasteiger partial charge on any atom is 0.311 e. The lowest BCUT2D eigenvalue weighted by molar-refractivity contribution is -0.142. The monoisotopic (exact) mass is 468 g/mol. The number of hydrogen-bond acceptors (Lipinski definition) is 8. The average molecular weight is 469 g/mol. The highest BCUT2D eigenvalue weighted by Gasteiger charge is 2.16. The summed E-state index contributed by atoms with van der Waals surface area (Å²) in [4.78, 5) is 46.4. The van der Waals surface area contributed by atoms with Crippen LogP contribution in [0.1, 0.15) is 18.2 Å². The first-order valence-electron chi connectivity index (χ1n) is 9.88. The third-order valence-electron chi connectivity index (χ3n) is 4.67. The van der Waals surface area contributed by atoms with Gasteiger partial charge < -0.3 is 10.1 Å². The van der Waals surface area contributed by atoms with Crippen LogP contribution >= 0.6 is 22.7 Å². The molecule has 0 saturated carbocycles. The Kier molecular flexibility index (Phi) is 6.42. The van der Waals surface area contributed by atoms with Gasteiger partial charge in [-0.2, -0.15) is 0 Å². The lowest BCUT2D eigenvalue weighted by Gasteiger charge is -2.06. The summed E-state index contributed by atoms with van der Waals surface area (Å²) >= 11 is 2.60. The number of nitrogens with one attached hydrogen (secondary N) is 1. The molecule has 0 unspecified atom stereocenters. The molecule has 0 bridgehead atoms. The molecule has 4 rings (SSSR count). The molecule has 3 aromatic heterocycles. The molecule has 164 valence electrons. The van der Waals surface area contributed by atoms with E-state index in [4.69, 9.17) is 4.74 Å². The Morgan fingerprint density at radius 2 is 1.94 bits per heavy atom. The van der Waals surface area contributed by atoms with Gasteiger partial charge in [-0.15, -0.1) is 22.7 Å². The smallest absolute Gasteiger partial charge is 0.311 e. The maximum atomic E-state index is 13.1. The molecule has 3 heterocycles. The van der Waals surface area contributed by atoms with Gasteiger partial charge in [0.15, 0.2) is 5.13 Å². The average Bonchev–Trinajstić information content (AvgIpc) is 3.38. The molecule has 32 heavy (non-hydrogen) atoms. The molecule has 1 amide bonds. The number of aromatic nitrogens is 3. The molecule has 0 fully saturated rings. The number of rotatable bonds is 7. The van der Waals surface area contributed by atoms with E-state index in [0.29, 0.717) is 27.6 Å². The molecule has 1 aromatic carbocycles. The van der Waals surface area contributed by atoms with Crippen LogP contribution < -0.4 is 10.9 Å². The molecule has 0 aliphatic carbocycles. The van der Waals surface area contributed by atoms with Gasteiger partial charge in [-0.25, -0.2) is 9.97 Å². The number of esters is 1. The summed E-state index contributed by atoms with van der Waals surface area (Å²) in [6, 6.07) is 7.92. The summed E-state index contributed by atoms with van der Waals surface area (Å²) < 4.78 is 6.19. The van der Waals surface area contributed by atoms with E-state index in [1.807, 2.05) is 36.6 Å². The molecule has 1 N–H and O–H groups in total. The third kappa shape index (κ3) is 4.76. The summed E-state index contributed by atoms with van der Waals surface area (Å²) in [6.45, 7) is 3.84. The van der Waals surface area contributed by atoms with Crippen molar-refractivity contribution in [2.24, 2.45) is 0 Å². The van der Waals surface area contributed by atoms with E-state index < -0.39 is 5.91 Å². The molecular formula is C22H20N4O4S2.